The average molecular weight is 853 g/mol. The van der Waals surface area contributed by atoms with Crippen LogP contribution in [0.3, 0.4) is 0 Å². The molecule has 2 saturated heterocycles. The van der Waals surface area contributed by atoms with E-state index in [0.717, 1.165) is 110 Å². The summed E-state index contributed by atoms with van der Waals surface area (Å²) in [5.41, 5.74) is 10.8. The van der Waals surface area contributed by atoms with Gasteiger partial charge in [-0.2, -0.15) is 0 Å². The minimum absolute atomic E-state index is 0.790. The third-order valence-electron chi connectivity index (χ3n) is 11.2. The number of ether oxygens (including phenoxy) is 2. The summed E-state index contributed by atoms with van der Waals surface area (Å²) in [6.07, 6.45) is 6.21. The predicted molar refractivity (Wildman–Crippen MR) is 235 cm³/mol. The van der Waals surface area contributed by atoms with Crippen molar-refractivity contribution in [3.05, 3.63) is 108 Å². The van der Waals surface area contributed by atoms with E-state index in [1.165, 1.54) is 60.1 Å². The Bertz CT molecular complexity index is 2120. The standard InChI is InChI=1S/C22H26N4O.C20H22N4O.C2H5I/c1-2-26-20-6-4-3-5-18(20)19-9-10-25(16-21(19)26)17-7-8-22(23-15-17)24-11-13-27-14-12-24;1-2-4-18-16(3-1)17-7-8-24(14-19(17)22-18)15-5-6-20(21-13-15)23-9-11-25-12-10-23;1-2-3/h3-8,15H,2,9-14,16H2,1H3;1-6,13,22H,7-12,14H2;2H2,1H3. The van der Waals surface area contributed by atoms with E-state index in [0.29, 0.717) is 0 Å². The monoisotopic (exact) mass is 852 g/mol. The van der Waals surface area contributed by atoms with Gasteiger partial charge in [-0.05, 0) is 71.7 Å². The van der Waals surface area contributed by atoms with E-state index in [9.17, 15) is 0 Å². The number of nitrogens with one attached hydrogen (secondary N) is 1. The molecule has 0 amide bonds. The van der Waals surface area contributed by atoms with Crippen LogP contribution in [0.5, 0.6) is 0 Å². The van der Waals surface area contributed by atoms with Gasteiger partial charge in [0.1, 0.15) is 11.6 Å². The lowest BCUT2D eigenvalue weighted by atomic mass is 10.0. The van der Waals surface area contributed by atoms with Crippen molar-refractivity contribution >= 4 is 67.4 Å². The summed E-state index contributed by atoms with van der Waals surface area (Å²) in [7, 11) is 0. The number of para-hydroxylation sites is 2. The highest BCUT2D eigenvalue weighted by Crippen LogP contribution is 2.33. The zero-order chi connectivity index (χ0) is 37.6. The Balaban J connectivity index is 0.000000146. The highest BCUT2D eigenvalue weighted by atomic mass is 127. The van der Waals surface area contributed by atoms with Gasteiger partial charge in [0.15, 0.2) is 0 Å². The fraction of sp³-hybridized carbons (Fsp3) is 0.409. The van der Waals surface area contributed by atoms with Crippen LogP contribution in [0, 0.1) is 0 Å². The number of morpholine rings is 2. The summed E-state index contributed by atoms with van der Waals surface area (Å²) in [6.45, 7) is 16.2. The molecule has 0 radical (unpaired) electrons. The Kier molecular flexibility index (Phi) is 12.1. The number of hydrogen-bond donors (Lipinski definition) is 1. The highest BCUT2D eigenvalue weighted by Gasteiger charge is 2.25. The molecule has 0 saturated carbocycles. The van der Waals surface area contributed by atoms with Gasteiger partial charge < -0.3 is 38.6 Å². The number of benzene rings is 2. The molecule has 288 valence electrons. The average Bonchev–Trinajstić information content (AvgIpc) is 3.79. The van der Waals surface area contributed by atoms with Crippen molar-refractivity contribution < 1.29 is 9.47 Å². The largest absolute Gasteiger partial charge is 0.378 e. The minimum atomic E-state index is 0.790. The Labute approximate surface area is 338 Å². The number of fused-ring (bicyclic) bond motifs is 6. The summed E-state index contributed by atoms with van der Waals surface area (Å²) in [6, 6.07) is 26.1. The molecule has 6 aromatic rings. The maximum Gasteiger partial charge on any atom is 0.128 e. The van der Waals surface area contributed by atoms with Gasteiger partial charge >= 0.3 is 0 Å². The second kappa shape index (κ2) is 17.6. The van der Waals surface area contributed by atoms with E-state index in [1.54, 1.807) is 0 Å². The number of anilines is 4. The number of aromatic amines is 1. The van der Waals surface area contributed by atoms with Crippen LogP contribution in [-0.4, -0.2) is 89.6 Å². The Morgan fingerprint density at radius 2 is 1.16 bits per heavy atom. The maximum absolute atomic E-state index is 5.44. The first-order valence-electron chi connectivity index (χ1n) is 20.0. The van der Waals surface area contributed by atoms with Crippen LogP contribution in [0.2, 0.25) is 0 Å². The molecule has 10 rings (SSSR count). The third kappa shape index (κ3) is 8.15. The Morgan fingerprint density at radius 1 is 0.618 bits per heavy atom. The summed E-state index contributed by atoms with van der Waals surface area (Å²) >= 11 is 2.29. The lowest BCUT2D eigenvalue weighted by Gasteiger charge is -2.31. The quantitative estimate of drug-likeness (QED) is 0.139. The van der Waals surface area contributed by atoms with Crippen molar-refractivity contribution in [1.29, 1.82) is 0 Å². The molecule has 4 aliphatic heterocycles. The van der Waals surface area contributed by atoms with E-state index in [2.05, 4.69) is 138 Å². The number of aryl methyl sites for hydroxylation is 1. The van der Waals surface area contributed by atoms with E-state index < -0.39 is 0 Å². The molecule has 0 atom stereocenters. The highest BCUT2D eigenvalue weighted by molar-refractivity contribution is 14.1. The van der Waals surface area contributed by atoms with Gasteiger partial charge in [-0.3, -0.25) is 0 Å². The fourth-order valence-corrected chi connectivity index (χ4v) is 8.48. The van der Waals surface area contributed by atoms with Crippen molar-refractivity contribution in [3.8, 4) is 0 Å². The first-order chi connectivity index (χ1) is 27.1. The number of alkyl halides is 1. The number of nitrogens with zero attached hydrogens (tertiary/aromatic N) is 7. The van der Waals surface area contributed by atoms with Crippen LogP contribution >= 0.6 is 22.6 Å². The van der Waals surface area contributed by atoms with Crippen molar-refractivity contribution in [2.45, 2.75) is 46.3 Å². The van der Waals surface area contributed by atoms with Gasteiger partial charge in [0, 0.05) is 79.0 Å². The fourth-order valence-electron chi connectivity index (χ4n) is 8.48. The van der Waals surface area contributed by atoms with Crippen LogP contribution in [0.15, 0.2) is 85.2 Å². The Morgan fingerprint density at radius 3 is 1.75 bits per heavy atom. The predicted octanol–water partition coefficient (Wildman–Crippen LogP) is 7.86. The van der Waals surface area contributed by atoms with E-state index in [4.69, 9.17) is 19.4 Å². The Hall–Kier alpha value is -4.33. The molecule has 0 bridgehead atoms. The smallest absolute Gasteiger partial charge is 0.128 e. The van der Waals surface area contributed by atoms with Gasteiger partial charge in [0.05, 0.1) is 63.3 Å². The SMILES string of the molecule is CCI.CCn1c2c(c3ccccc31)CCN(c1ccc(N3CCOCC3)nc1)C2.c1ccc2c3c([nH]c2c1)CN(c1ccc(N2CCOCC2)nc1)CC3. The summed E-state index contributed by atoms with van der Waals surface area (Å²) < 4.78 is 14.6. The molecule has 0 spiro atoms. The molecule has 1 N–H and O–H groups in total. The van der Waals surface area contributed by atoms with E-state index >= 15 is 0 Å². The van der Waals surface area contributed by atoms with Crippen LogP contribution in [0.1, 0.15) is 36.4 Å². The lowest BCUT2D eigenvalue weighted by Crippen LogP contribution is -2.36. The number of hydrogen-bond acceptors (Lipinski definition) is 8. The first-order valence-corrected chi connectivity index (χ1v) is 21.5. The topological polar surface area (TPSA) is 77.9 Å². The normalized spacial score (nSPS) is 16.9. The van der Waals surface area contributed by atoms with Gasteiger partial charge in [-0.1, -0.05) is 65.9 Å². The molecule has 2 aromatic carbocycles. The van der Waals surface area contributed by atoms with E-state index in [-0.39, 0.29) is 0 Å². The van der Waals surface area contributed by atoms with Crippen LogP contribution in [0.25, 0.3) is 21.8 Å². The molecular formula is C44H53IN8O2. The molecule has 8 heterocycles. The van der Waals surface area contributed by atoms with Crippen molar-refractivity contribution in [2.75, 3.05) is 89.7 Å². The molecule has 0 unspecified atom stereocenters. The number of H-pyrrole nitrogens is 1. The van der Waals surface area contributed by atoms with Crippen LogP contribution < -0.4 is 19.6 Å². The second-order valence-electron chi connectivity index (χ2n) is 14.4. The molecule has 55 heavy (non-hydrogen) atoms. The van der Waals surface area contributed by atoms with Gasteiger partial charge in [-0.15, -0.1) is 0 Å². The molecule has 4 aromatic heterocycles. The lowest BCUT2D eigenvalue weighted by molar-refractivity contribution is 0.122. The molecule has 10 nitrogen and oxygen atoms in total. The molecule has 11 heteroatoms. The molecule has 2 fully saturated rings. The van der Waals surface area contributed by atoms with Crippen LogP contribution in [0.4, 0.5) is 23.0 Å². The van der Waals surface area contributed by atoms with Crippen molar-refractivity contribution in [2.24, 2.45) is 0 Å². The van der Waals surface area contributed by atoms with Gasteiger partial charge in [0.25, 0.3) is 0 Å². The number of aromatic nitrogens is 4. The van der Waals surface area contributed by atoms with Gasteiger partial charge in [0.2, 0.25) is 0 Å². The van der Waals surface area contributed by atoms with Crippen molar-refractivity contribution in [1.82, 2.24) is 19.5 Å². The van der Waals surface area contributed by atoms with Crippen LogP contribution in [-0.2, 0) is 41.9 Å². The first kappa shape index (κ1) is 37.6. The summed E-state index contributed by atoms with van der Waals surface area (Å²) in [4.78, 5) is 22.5. The third-order valence-corrected chi connectivity index (χ3v) is 11.2. The second-order valence-corrected chi connectivity index (χ2v) is 15.9. The number of rotatable bonds is 5. The zero-order valence-electron chi connectivity index (χ0n) is 32.2. The minimum Gasteiger partial charge on any atom is -0.378 e. The van der Waals surface area contributed by atoms with E-state index in [1.807, 2.05) is 12.4 Å². The zero-order valence-corrected chi connectivity index (χ0v) is 34.4. The van der Waals surface area contributed by atoms with Crippen molar-refractivity contribution in [3.63, 3.8) is 0 Å². The summed E-state index contributed by atoms with van der Waals surface area (Å²) in [5.74, 6) is 2.11. The molecular weight excluding hydrogens is 799 g/mol. The number of pyridine rings is 2. The maximum atomic E-state index is 5.44. The molecule has 0 aliphatic carbocycles. The summed E-state index contributed by atoms with van der Waals surface area (Å²) in [5, 5.41) is 2.80. The van der Waals surface area contributed by atoms with Gasteiger partial charge in [-0.25, -0.2) is 9.97 Å². The number of halogens is 1. The molecule has 4 aliphatic rings.